The Hall–Kier alpha value is -1.44. The topological polar surface area (TPSA) is 50.1 Å². The van der Waals surface area contributed by atoms with Gasteiger partial charge in [-0.15, -0.1) is 0 Å². The fourth-order valence-corrected chi connectivity index (χ4v) is 4.72. The number of aliphatic imine (C=N–C) groups is 1. The SMILES string of the molecule is Cc1[nH]n(-c2ccccc2)c(=O)c1C=Nc1c(Br)cc(Br)cc1Br. The van der Waals surface area contributed by atoms with Crippen LogP contribution in [0.5, 0.6) is 0 Å². The van der Waals surface area contributed by atoms with Crippen LogP contribution in [0.1, 0.15) is 11.3 Å². The zero-order valence-electron chi connectivity index (χ0n) is 12.6. The molecule has 1 heterocycles. The Morgan fingerprint density at radius 1 is 1.08 bits per heavy atom. The molecular weight excluding hydrogens is 502 g/mol. The summed E-state index contributed by atoms with van der Waals surface area (Å²) in [5.74, 6) is 0. The highest BCUT2D eigenvalue weighted by molar-refractivity contribution is 9.11. The van der Waals surface area contributed by atoms with Crippen molar-refractivity contribution in [1.29, 1.82) is 0 Å². The number of hydrogen-bond acceptors (Lipinski definition) is 2. The van der Waals surface area contributed by atoms with Crippen LogP contribution in [0.3, 0.4) is 0 Å². The number of halogens is 3. The lowest BCUT2D eigenvalue weighted by Gasteiger charge is -2.02. The van der Waals surface area contributed by atoms with E-state index >= 15 is 0 Å². The Morgan fingerprint density at radius 2 is 1.71 bits per heavy atom. The van der Waals surface area contributed by atoms with Crippen LogP contribution < -0.4 is 5.56 Å². The molecule has 4 nitrogen and oxygen atoms in total. The van der Waals surface area contributed by atoms with Crippen molar-refractivity contribution >= 4 is 59.7 Å². The summed E-state index contributed by atoms with van der Waals surface area (Å²) in [6.07, 6.45) is 1.59. The van der Waals surface area contributed by atoms with E-state index in [1.165, 1.54) is 4.68 Å². The molecular formula is C17H12Br3N3O. The van der Waals surface area contributed by atoms with Gasteiger partial charge >= 0.3 is 0 Å². The summed E-state index contributed by atoms with van der Waals surface area (Å²) in [5, 5.41) is 3.09. The van der Waals surface area contributed by atoms with Crippen molar-refractivity contribution in [2.45, 2.75) is 6.92 Å². The fraction of sp³-hybridized carbons (Fsp3) is 0.0588. The number of nitrogens with one attached hydrogen (secondary N) is 1. The van der Waals surface area contributed by atoms with Gasteiger partial charge in [-0.05, 0) is 63.0 Å². The Labute approximate surface area is 164 Å². The van der Waals surface area contributed by atoms with Gasteiger partial charge in [-0.25, -0.2) is 4.68 Å². The minimum atomic E-state index is -0.133. The van der Waals surface area contributed by atoms with Crippen LogP contribution in [0.2, 0.25) is 0 Å². The molecule has 0 aliphatic rings. The minimum Gasteiger partial charge on any atom is -0.295 e. The molecule has 0 saturated carbocycles. The van der Waals surface area contributed by atoms with Gasteiger partial charge in [-0.2, -0.15) is 0 Å². The van der Waals surface area contributed by atoms with Crippen molar-refractivity contribution in [3.63, 3.8) is 0 Å². The predicted molar refractivity (Wildman–Crippen MR) is 108 cm³/mol. The molecule has 1 N–H and O–H groups in total. The zero-order valence-corrected chi connectivity index (χ0v) is 17.3. The highest BCUT2D eigenvalue weighted by Crippen LogP contribution is 2.36. The molecule has 7 heteroatoms. The maximum absolute atomic E-state index is 12.6. The monoisotopic (exact) mass is 511 g/mol. The Balaban J connectivity index is 2.03. The molecule has 24 heavy (non-hydrogen) atoms. The number of para-hydroxylation sites is 1. The van der Waals surface area contributed by atoms with E-state index in [0.717, 1.165) is 30.5 Å². The molecule has 122 valence electrons. The van der Waals surface area contributed by atoms with E-state index in [-0.39, 0.29) is 5.56 Å². The highest BCUT2D eigenvalue weighted by Gasteiger charge is 2.11. The number of nitrogens with zero attached hydrogens (tertiary/aromatic N) is 2. The second-order valence-corrected chi connectivity index (χ2v) is 7.73. The van der Waals surface area contributed by atoms with Gasteiger partial charge in [0.15, 0.2) is 0 Å². The molecule has 0 aliphatic carbocycles. The van der Waals surface area contributed by atoms with Crippen LogP contribution in [-0.2, 0) is 0 Å². The normalized spacial score (nSPS) is 11.3. The van der Waals surface area contributed by atoms with Crippen molar-refractivity contribution < 1.29 is 0 Å². The number of aromatic nitrogens is 2. The van der Waals surface area contributed by atoms with Gasteiger partial charge < -0.3 is 0 Å². The number of rotatable bonds is 3. The van der Waals surface area contributed by atoms with Gasteiger partial charge in [0.2, 0.25) is 0 Å². The molecule has 0 bridgehead atoms. The minimum absolute atomic E-state index is 0.133. The van der Waals surface area contributed by atoms with E-state index in [4.69, 9.17) is 0 Å². The summed E-state index contributed by atoms with van der Waals surface area (Å²) in [4.78, 5) is 17.1. The maximum atomic E-state index is 12.6. The third-order valence-electron chi connectivity index (χ3n) is 3.44. The van der Waals surface area contributed by atoms with Crippen molar-refractivity contribution in [3.8, 4) is 5.69 Å². The molecule has 0 aliphatic heterocycles. The first-order valence-electron chi connectivity index (χ1n) is 7.03. The molecule has 1 aromatic heterocycles. The van der Waals surface area contributed by atoms with Gasteiger partial charge in [-0.1, -0.05) is 34.1 Å². The molecule has 3 aromatic rings. The molecule has 3 rings (SSSR count). The number of H-pyrrole nitrogens is 1. The van der Waals surface area contributed by atoms with E-state index in [1.807, 2.05) is 49.4 Å². The van der Waals surface area contributed by atoms with Crippen LogP contribution in [0, 0.1) is 6.92 Å². The maximum Gasteiger partial charge on any atom is 0.280 e. The van der Waals surface area contributed by atoms with Crippen LogP contribution in [0.15, 0.2) is 65.7 Å². The molecule has 0 radical (unpaired) electrons. The number of benzene rings is 2. The molecule has 0 unspecified atom stereocenters. The molecule has 0 spiro atoms. The van der Waals surface area contributed by atoms with Crippen molar-refractivity contribution in [1.82, 2.24) is 9.78 Å². The van der Waals surface area contributed by atoms with Crippen molar-refractivity contribution in [3.05, 3.63) is 77.5 Å². The first kappa shape index (κ1) is 17.4. The van der Waals surface area contributed by atoms with Gasteiger partial charge in [0.1, 0.15) is 0 Å². The summed E-state index contributed by atoms with van der Waals surface area (Å²) in [6, 6.07) is 13.3. The summed E-state index contributed by atoms with van der Waals surface area (Å²) < 4.78 is 4.11. The Bertz CT molecular complexity index is 951. The van der Waals surface area contributed by atoms with E-state index in [1.54, 1.807) is 6.21 Å². The second kappa shape index (κ2) is 7.21. The van der Waals surface area contributed by atoms with Crippen LogP contribution >= 0.6 is 47.8 Å². The molecule has 0 saturated heterocycles. The van der Waals surface area contributed by atoms with Gasteiger partial charge in [0.25, 0.3) is 5.56 Å². The number of hydrogen-bond donors (Lipinski definition) is 1. The lowest BCUT2D eigenvalue weighted by molar-refractivity contribution is 0.835. The summed E-state index contributed by atoms with van der Waals surface area (Å²) >= 11 is 10.4. The van der Waals surface area contributed by atoms with E-state index in [9.17, 15) is 4.79 Å². The van der Waals surface area contributed by atoms with Gasteiger partial charge in [-0.3, -0.25) is 14.9 Å². The average Bonchev–Trinajstić information content (AvgIpc) is 2.82. The Morgan fingerprint density at radius 3 is 2.33 bits per heavy atom. The Kier molecular flexibility index (Phi) is 5.22. The smallest absolute Gasteiger partial charge is 0.280 e. The predicted octanol–water partition coefficient (Wildman–Crippen LogP) is 5.51. The van der Waals surface area contributed by atoms with E-state index in [2.05, 4.69) is 57.9 Å². The largest absolute Gasteiger partial charge is 0.295 e. The lowest BCUT2D eigenvalue weighted by Crippen LogP contribution is -2.17. The second-order valence-electron chi connectivity index (χ2n) is 5.10. The zero-order chi connectivity index (χ0) is 17.3. The van der Waals surface area contributed by atoms with Crippen molar-refractivity contribution in [2.75, 3.05) is 0 Å². The molecule has 0 atom stereocenters. The summed E-state index contributed by atoms with van der Waals surface area (Å²) in [6.45, 7) is 1.86. The fourth-order valence-electron chi connectivity index (χ4n) is 2.26. The third kappa shape index (κ3) is 3.48. The van der Waals surface area contributed by atoms with Crippen molar-refractivity contribution in [2.24, 2.45) is 4.99 Å². The van der Waals surface area contributed by atoms with Crippen LogP contribution in [0.4, 0.5) is 5.69 Å². The average molecular weight is 514 g/mol. The van der Waals surface area contributed by atoms with Crippen LogP contribution in [-0.4, -0.2) is 16.0 Å². The number of aromatic amines is 1. The standard InChI is InChI=1S/C17H12Br3N3O/c1-10-13(9-21-16-14(19)7-11(18)8-15(16)20)17(24)23(22-10)12-5-3-2-4-6-12/h2-9,22H,1H3. The molecule has 0 fully saturated rings. The first-order valence-corrected chi connectivity index (χ1v) is 9.41. The quantitative estimate of drug-likeness (QED) is 0.461. The summed E-state index contributed by atoms with van der Waals surface area (Å²) in [7, 11) is 0. The van der Waals surface area contributed by atoms with Gasteiger partial charge in [0.05, 0.1) is 16.9 Å². The molecule has 0 amide bonds. The van der Waals surface area contributed by atoms with Crippen LogP contribution in [0.25, 0.3) is 5.69 Å². The number of aryl methyl sites for hydroxylation is 1. The lowest BCUT2D eigenvalue weighted by atomic mass is 10.2. The summed E-state index contributed by atoms with van der Waals surface area (Å²) in [5.41, 5.74) is 2.67. The van der Waals surface area contributed by atoms with Gasteiger partial charge in [0, 0.05) is 25.3 Å². The molecule has 2 aromatic carbocycles. The van der Waals surface area contributed by atoms with E-state index < -0.39 is 0 Å². The first-order chi connectivity index (χ1) is 11.5. The highest BCUT2D eigenvalue weighted by atomic mass is 79.9. The van der Waals surface area contributed by atoms with E-state index in [0.29, 0.717) is 5.56 Å². The third-order valence-corrected chi connectivity index (χ3v) is 5.10.